The molecule has 1 aromatic rings. The molecule has 1 aromatic carbocycles. The summed E-state index contributed by atoms with van der Waals surface area (Å²) in [5.74, 6) is 1.29. The van der Waals surface area contributed by atoms with Crippen molar-refractivity contribution < 1.29 is 27.4 Å². The van der Waals surface area contributed by atoms with E-state index in [0.717, 1.165) is 0 Å². The van der Waals surface area contributed by atoms with E-state index >= 15 is 0 Å². The molecule has 0 bridgehead atoms. The monoisotopic (exact) mass is 385 g/mol. The van der Waals surface area contributed by atoms with Gasteiger partial charge in [-0.3, -0.25) is 4.79 Å². The molecule has 146 valence electrons. The quantitative estimate of drug-likeness (QED) is 0.714. The van der Waals surface area contributed by atoms with Gasteiger partial charge in [0.15, 0.2) is 21.3 Å². The van der Waals surface area contributed by atoms with Crippen LogP contribution < -0.4 is 14.2 Å². The number of carbonyl (C=O) groups is 1. The van der Waals surface area contributed by atoms with Crippen LogP contribution in [0.4, 0.5) is 0 Å². The molecule has 1 aliphatic heterocycles. The fraction of sp³-hybridized carbons (Fsp3) is 0.611. The topological polar surface area (TPSA) is 82.1 Å². The van der Waals surface area contributed by atoms with Crippen molar-refractivity contribution in [2.45, 2.75) is 26.3 Å². The molecule has 1 atom stereocenters. The Morgan fingerprint density at radius 1 is 1.15 bits per heavy atom. The molecule has 0 radical (unpaired) electrons. The number of nitrogens with zero attached hydrogens (tertiary/aromatic N) is 1. The third kappa shape index (κ3) is 4.41. The Kier molecular flexibility index (Phi) is 6.39. The molecule has 1 heterocycles. The average Bonchev–Trinajstić information content (AvgIpc) is 2.97. The Bertz CT molecular complexity index is 734. The second-order valence-electron chi connectivity index (χ2n) is 6.82. The molecule has 1 amide bonds. The molecule has 1 fully saturated rings. The summed E-state index contributed by atoms with van der Waals surface area (Å²) in [5.41, 5.74) is 0.379. The fourth-order valence-electron chi connectivity index (χ4n) is 3.18. The van der Waals surface area contributed by atoms with E-state index < -0.39 is 9.84 Å². The predicted molar refractivity (Wildman–Crippen MR) is 99.0 cm³/mol. The van der Waals surface area contributed by atoms with E-state index in [1.807, 2.05) is 13.8 Å². The van der Waals surface area contributed by atoms with Crippen molar-refractivity contribution in [3.8, 4) is 17.2 Å². The van der Waals surface area contributed by atoms with Gasteiger partial charge in [0.1, 0.15) is 0 Å². The summed E-state index contributed by atoms with van der Waals surface area (Å²) in [7, 11) is 1.38. The van der Waals surface area contributed by atoms with Gasteiger partial charge in [0.05, 0.1) is 32.8 Å². The number of sulfone groups is 1. The van der Waals surface area contributed by atoms with Crippen LogP contribution in [0.15, 0.2) is 12.1 Å². The Balaban J connectivity index is 2.42. The van der Waals surface area contributed by atoms with Crippen LogP contribution in [-0.2, 0) is 9.84 Å². The summed E-state index contributed by atoms with van der Waals surface area (Å²) >= 11 is 0. The summed E-state index contributed by atoms with van der Waals surface area (Å²) in [6, 6.07) is 2.88. The van der Waals surface area contributed by atoms with Gasteiger partial charge < -0.3 is 19.1 Å². The number of rotatable bonds is 7. The molecule has 0 N–H and O–H groups in total. The normalized spacial score (nSPS) is 18.6. The minimum Gasteiger partial charge on any atom is -0.493 e. The van der Waals surface area contributed by atoms with Crippen LogP contribution in [0.2, 0.25) is 0 Å². The van der Waals surface area contributed by atoms with Gasteiger partial charge in [-0.1, -0.05) is 13.8 Å². The molecule has 1 saturated heterocycles. The standard InChI is InChI=1S/C18H27NO6S/c1-12(2)10-19(14-6-7-26(21,22)11-14)18(20)13-8-15(23-3)17(25-5)16(9-13)24-4/h8-9,12,14H,6-7,10-11H2,1-5H3. The third-order valence-corrected chi connectivity index (χ3v) is 6.13. The zero-order valence-electron chi connectivity index (χ0n) is 15.9. The lowest BCUT2D eigenvalue weighted by atomic mass is 10.1. The van der Waals surface area contributed by atoms with Crippen molar-refractivity contribution in [2.24, 2.45) is 5.92 Å². The van der Waals surface area contributed by atoms with Crippen LogP contribution in [-0.4, -0.2) is 64.6 Å². The number of amides is 1. The second kappa shape index (κ2) is 8.16. The SMILES string of the molecule is COc1cc(C(=O)N(CC(C)C)C2CCS(=O)(=O)C2)cc(OC)c1OC. The molecule has 26 heavy (non-hydrogen) atoms. The second-order valence-corrected chi connectivity index (χ2v) is 9.05. The summed E-state index contributed by atoms with van der Waals surface area (Å²) < 4.78 is 39.7. The largest absolute Gasteiger partial charge is 0.493 e. The van der Waals surface area contributed by atoms with E-state index in [1.54, 1.807) is 17.0 Å². The van der Waals surface area contributed by atoms with Gasteiger partial charge in [-0.25, -0.2) is 8.42 Å². The van der Waals surface area contributed by atoms with Gasteiger partial charge in [-0.05, 0) is 24.5 Å². The van der Waals surface area contributed by atoms with Crippen LogP contribution in [0.1, 0.15) is 30.6 Å². The zero-order valence-corrected chi connectivity index (χ0v) is 16.8. The number of hydrogen-bond donors (Lipinski definition) is 0. The molecule has 8 heteroatoms. The van der Waals surface area contributed by atoms with E-state index in [-0.39, 0.29) is 29.4 Å². The Morgan fingerprint density at radius 3 is 2.12 bits per heavy atom. The van der Waals surface area contributed by atoms with E-state index in [4.69, 9.17) is 14.2 Å². The molecule has 1 unspecified atom stereocenters. The molecule has 0 saturated carbocycles. The third-order valence-electron chi connectivity index (χ3n) is 4.38. The Hall–Kier alpha value is -1.96. The lowest BCUT2D eigenvalue weighted by Gasteiger charge is -2.30. The molecule has 2 rings (SSSR count). The number of benzene rings is 1. The van der Waals surface area contributed by atoms with Crippen LogP contribution in [0, 0.1) is 5.92 Å². The van der Waals surface area contributed by atoms with Crippen molar-refractivity contribution in [2.75, 3.05) is 39.4 Å². The van der Waals surface area contributed by atoms with Crippen molar-refractivity contribution in [1.82, 2.24) is 4.90 Å². The van der Waals surface area contributed by atoms with Gasteiger partial charge in [-0.2, -0.15) is 0 Å². The number of carbonyl (C=O) groups excluding carboxylic acids is 1. The summed E-state index contributed by atoms with van der Waals surface area (Å²) in [5, 5.41) is 0. The van der Waals surface area contributed by atoms with Crippen molar-refractivity contribution in [3.63, 3.8) is 0 Å². The van der Waals surface area contributed by atoms with Gasteiger partial charge in [0.2, 0.25) is 5.75 Å². The first-order valence-electron chi connectivity index (χ1n) is 8.53. The Labute approximate surface area is 155 Å². The van der Waals surface area contributed by atoms with E-state index in [2.05, 4.69) is 0 Å². The maximum atomic E-state index is 13.2. The van der Waals surface area contributed by atoms with Gasteiger partial charge in [0, 0.05) is 18.2 Å². The molecule has 0 aromatic heterocycles. The number of methoxy groups -OCH3 is 3. The van der Waals surface area contributed by atoms with Gasteiger partial charge in [-0.15, -0.1) is 0 Å². The smallest absolute Gasteiger partial charge is 0.254 e. The van der Waals surface area contributed by atoms with Crippen LogP contribution in [0.3, 0.4) is 0 Å². The molecule has 1 aliphatic rings. The minimum absolute atomic E-state index is 0.00981. The highest BCUT2D eigenvalue weighted by Crippen LogP contribution is 2.38. The van der Waals surface area contributed by atoms with Crippen molar-refractivity contribution >= 4 is 15.7 Å². The fourth-order valence-corrected chi connectivity index (χ4v) is 4.91. The predicted octanol–water partition coefficient (Wildman–Crippen LogP) is 2.00. The summed E-state index contributed by atoms with van der Waals surface area (Å²) in [4.78, 5) is 14.9. The minimum atomic E-state index is -3.09. The van der Waals surface area contributed by atoms with E-state index in [0.29, 0.717) is 35.8 Å². The lowest BCUT2D eigenvalue weighted by molar-refractivity contribution is 0.0671. The van der Waals surface area contributed by atoms with E-state index in [1.165, 1.54) is 21.3 Å². The Morgan fingerprint density at radius 2 is 1.73 bits per heavy atom. The maximum absolute atomic E-state index is 13.2. The average molecular weight is 385 g/mol. The molecule has 0 aliphatic carbocycles. The first-order valence-corrected chi connectivity index (χ1v) is 10.4. The summed E-state index contributed by atoms with van der Waals surface area (Å²) in [6.45, 7) is 4.48. The maximum Gasteiger partial charge on any atom is 0.254 e. The highest BCUT2D eigenvalue weighted by molar-refractivity contribution is 7.91. The first kappa shape index (κ1) is 20.4. The van der Waals surface area contributed by atoms with Crippen molar-refractivity contribution in [3.05, 3.63) is 17.7 Å². The summed E-state index contributed by atoms with van der Waals surface area (Å²) in [6.07, 6.45) is 0.464. The highest BCUT2D eigenvalue weighted by Gasteiger charge is 2.35. The number of hydrogen-bond acceptors (Lipinski definition) is 6. The van der Waals surface area contributed by atoms with Crippen LogP contribution in [0.25, 0.3) is 0 Å². The van der Waals surface area contributed by atoms with Gasteiger partial charge >= 0.3 is 0 Å². The van der Waals surface area contributed by atoms with Crippen molar-refractivity contribution in [1.29, 1.82) is 0 Å². The molecule has 7 nitrogen and oxygen atoms in total. The van der Waals surface area contributed by atoms with E-state index in [9.17, 15) is 13.2 Å². The highest BCUT2D eigenvalue weighted by atomic mass is 32.2. The van der Waals surface area contributed by atoms with Gasteiger partial charge in [0.25, 0.3) is 5.91 Å². The van der Waals surface area contributed by atoms with Crippen LogP contribution >= 0.6 is 0 Å². The zero-order chi connectivity index (χ0) is 19.5. The molecule has 0 spiro atoms. The van der Waals surface area contributed by atoms with Crippen LogP contribution in [0.5, 0.6) is 17.2 Å². The molecular weight excluding hydrogens is 358 g/mol. The number of ether oxygens (including phenoxy) is 3. The lowest BCUT2D eigenvalue weighted by Crippen LogP contribution is -2.43. The first-order chi connectivity index (χ1) is 12.2. The molecular formula is C18H27NO6S.